The molecule has 0 saturated carbocycles. The number of nitrogens with two attached hydrogens (primary N) is 1. The third-order valence-corrected chi connectivity index (χ3v) is 1.91. The van der Waals surface area contributed by atoms with Gasteiger partial charge in [0.05, 0.1) is 5.69 Å². The molecule has 0 amide bonds. The molecule has 2 rings (SSSR count). The van der Waals surface area contributed by atoms with Crippen LogP contribution >= 0.6 is 0 Å². The van der Waals surface area contributed by atoms with Crippen LogP contribution in [0, 0.1) is 6.92 Å². The smallest absolute Gasteiger partial charge is 0.321 e. The molecular formula is C11H11N3O. The number of rotatable bonds is 2. The number of hydrogen-bond donors (Lipinski definition) is 1. The Balaban J connectivity index is 2.28. The molecule has 76 valence electrons. The van der Waals surface area contributed by atoms with Gasteiger partial charge in [-0.3, -0.25) is 0 Å². The molecule has 2 N–H and O–H groups in total. The van der Waals surface area contributed by atoms with Crippen molar-refractivity contribution in [2.45, 2.75) is 6.92 Å². The SMILES string of the molecule is Cc1ccc(N)c(Oc2ncccn2)c1. The van der Waals surface area contributed by atoms with Crippen LogP contribution in [0.25, 0.3) is 0 Å². The Labute approximate surface area is 87.7 Å². The number of benzene rings is 1. The van der Waals surface area contributed by atoms with E-state index < -0.39 is 0 Å². The summed E-state index contributed by atoms with van der Waals surface area (Å²) in [6.45, 7) is 1.97. The van der Waals surface area contributed by atoms with E-state index in [0.29, 0.717) is 17.4 Å². The molecule has 0 aliphatic heterocycles. The van der Waals surface area contributed by atoms with Gasteiger partial charge in [0.15, 0.2) is 5.75 Å². The van der Waals surface area contributed by atoms with Crippen molar-refractivity contribution in [2.75, 3.05) is 5.73 Å². The van der Waals surface area contributed by atoms with E-state index in [1.54, 1.807) is 24.5 Å². The van der Waals surface area contributed by atoms with Crippen LogP contribution in [0.15, 0.2) is 36.7 Å². The van der Waals surface area contributed by atoms with E-state index in [2.05, 4.69) is 9.97 Å². The van der Waals surface area contributed by atoms with Crippen LogP contribution < -0.4 is 10.5 Å². The monoisotopic (exact) mass is 201 g/mol. The third kappa shape index (κ3) is 2.22. The summed E-state index contributed by atoms with van der Waals surface area (Å²) >= 11 is 0. The lowest BCUT2D eigenvalue weighted by atomic mass is 10.2. The topological polar surface area (TPSA) is 61.0 Å². The van der Waals surface area contributed by atoms with Crippen LogP contribution in [0.1, 0.15) is 5.56 Å². The molecule has 0 atom stereocenters. The average molecular weight is 201 g/mol. The predicted molar refractivity (Wildman–Crippen MR) is 57.7 cm³/mol. The summed E-state index contributed by atoms with van der Waals surface area (Å²) in [6.07, 6.45) is 3.24. The van der Waals surface area contributed by atoms with Gasteiger partial charge in [-0.2, -0.15) is 0 Å². The third-order valence-electron chi connectivity index (χ3n) is 1.91. The fraction of sp³-hybridized carbons (Fsp3) is 0.0909. The lowest BCUT2D eigenvalue weighted by molar-refractivity contribution is 0.443. The van der Waals surface area contributed by atoms with E-state index in [4.69, 9.17) is 10.5 Å². The highest BCUT2D eigenvalue weighted by molar-refractivity contribution is 5.54. The van der Waals surface area contributed by atoms with Gasteiger partial charge in [-0.15, -0.1) is 0 Å². The molecule has 2 aromatic rings. The number of ether oxygens (including phenoxy) is 1. The van der Waals surface area contributed by atoms with E-state index in [1.165, 1.54) is 0 Å². The van der Waals surface area contributed by atoms with Crippen LogP contribution in [0.5, 0.6) is 11.8 Å². The fourth-order valence-electron chi connectivity index (χ4n) is 1.17. The Morgan fingerprint density at radius 2 is 1.93 bits per heavy atom. The summed E-state index contributed by atoms with van der Waals surface area (Å²) in [5, 5.41) is 0. The van der Waals surface area contributed by atoms with Crippen LogP contribution in [0.2, 0.25) is 0 Å². The highest BCUT2D eigenvalue weighted by Gasteiger charge is 2.03. The van der Waals surface area contributed by atoms with Crippen molar-refractivity contribution in [3.8, 4) is 11.8 Å². The molecule has 0 radical (unpaired) electrons. The zero-order chi connectivity index (χ0) is 10.7. The molecule has 1 heterocycles. The first-order valence-electron chi connectivity index (χ1n) is 4.57. The molecule has 0 bridgehead atoms. The summed E-state index contributed by atoms with van der Waals surface area (Å²) in [6, 6.07) is 7.61. The van der Waals surface area contributed by atoms with Gasteiger partial charge in [0, 0.05) is 12.4 Å². The van der Waals surface area contributed by atoms with Crippen molar-refractivity contribution in [1.29, 1.82) is 0 Å². The standard InChI is InChI=1S/C11H11N3O/c1-8-3-4-9(12)10(7-8)15-11-13-5-2-6-14-11/h2-7H,12H2,1H3. The molecule has 0 unspecified atom stereocenters. The van der Waals surface area contributed by atoms with Crippen LogP contribution in [0.4, 0.5) is 5.69 Å². The summed E-state index contributed by atoms with van der Waals surface area (Å²) in [5.41, 5.74) is 7.41. The van der Waals surface area contributed by atoms with Gasteiger partial charge < -0.3 is 10.5 Å². The molecule has 0 spiro atoms. The van der Waals surface area contributed by atoms with Gasteiger partial charge in [-0.1, -0.05) is 6.07 Å². The highest BCUT2D eigenvalue weighted by Crippen LogP contribution is 2.25. The minimum atomic E-state index is 0.301. The van der Waals surface area contributed by atoms with Gasteiger partial charge in [0.1, 0.15) is 0 Å². The van der Waals surface area contributed by atoms with Crippen molar-refractivity contribution in [3.05, 3.63) is 42.2 Å². The first-order chi connectivity index (χ1) is 7.25. The second-order valence-corrected chi connectivity index (χ2v) is 3.17. The Morgan fingerprint density at radius 1 is 1.20 bits per heavy atom. The number of nitrogen functional groups attached to an aromatic ring is 1. The number of hydrogen-bond acceptors (Lipinski definition) is 4. The van der Waals surface area contributed by atoms with Gasteiger partial charge in [0.2, 0.25) is 0 Å². The zero-order valence-electron chi connectivity index (χ0n) is 8.34. The van der Waals surface area contributed by atoms with Gasteiger partial charge in [0.25, 0.3) is 0 Å². The summed E-state index contributed by atoms with van der Waals surface area (Å²) in [4.78, 5) is 7.91. The lowest BCUT2D eigenvalue weighted by Gasteiger charge is -2.06. The summed E-state index contributed by atoms with van der Waals surface area (Å²) < 4.78 is 5.44. The first kappa shape index (κ1) is 9.45. The van der Waals surface area contributed by atoms with Crippen molar-refractivity contribution < 1.29 is 4.74 Å². The van der Waals surface area contributed by atoms with Gasteiger partial charge in [-0.25, -0.2) is 9.97 Å². The van der Waals surface area contributed by atoms with E-state index in [0.717, 1.165) is 5.56 Å². The lowest BCUT2D eigenvalue weighted by Crippen LogP contribution is -1.95. The average Bonchev–Trinajstić information content (AvgIpc) is 2.25. The maximum atomic E-state index is 5.76. The molecule has 0 fully saturated rings. The minimum Gasteiger partial charge on any atom is -0.422 e. The number of aromatic nitrogens is 2. The second kappa shape index (κ2) is 3.96. The number of nitrogens with zero attached hydrogens (tertiary/aromatic N) is 2. The Bertz CT molecular complexity index is 457. The number of aryl methyl sites for hydroxylation is 1. The Kier molecular flexibility index (Phi) is 2.49. The second-order valence-electron chi connectivity index (χ2n) is 3.17. The van der Waals surface area contributed by atoms with Gasteiger partial charge >= 0.3 is 6.01 Å². The maximum absolute atomic E-state index is 5.76. The largest absolute Gasteiger partial charge is 0.422 e. The van der Waals surface area contributed by atoms with Crippen molar-refractivity contribution in [1.82, 2.24) is 9.97 Å². The molecule has 4 heteroatoms. The van der Waals surface area contributed by atoms with E-state index in [1.807, 2.05) is 19.1 Å². The minimum absolute atomic E-state index is 0.301. The van der Waals surface area contributed by atoms with Crippen LogP contribution in [-0.4, -0.2) is 9.97 Å². The summed E-state index contributed by atoms with van der Waals surface area (Å²) in [5.74, 6) is 0.584. The fourth-order valence-corrected chi connectivity index (χ4v) is 1.17. The summed E-state index contributed by atoms with van der Waals surface area (Å²) in [7, 11) is 0. The zero-order valence-corrected chi connectivity index (χ0v) is 8.34. The molecule has 0 saturated heterocycles. The van der Waals surface area contributed by atoms with Crippen LogP contribution in [0.3, 0.4) is 0 Å². The van der Waals surface area contributed by atoms with Crippen molar-refractivity contribution >= 4 is 5.69 Å². The molecule has 1 aromatic carbocycles. The molecule has 1 aromatic heterocycles. The Morgan fingerprint density at radius 3 is 2.67 bits per heavy atom. The van der Waals surface area contributed by atoms with Crippen molar-refractivity contribution in [3.63, 3.8) is 0 Å². The highest BCUT2D eigenvalue weighted by atomic mass is 16.5. The van der Waals surface area contributed by atoms with E-state index in [-0.39, 0.29) is 0 Å². The molecule has 15 heavy (non-hydrogen) atoms. The molecule has 0 aliphatic rings. The van der Waals surface area contributed by atoms with E-state index >= 15 is 0 Å². The molecular weight excluding hydrogens is 190 g/mol. The first-order valence-corrected chi connectivity index (χ1v) is 4.57. The quantitative estimate of drug-likeness (QED) is 0.756. The normalized spacial score (nSPS) is 9.93. The Hall–Kier alpha value is -2.10. The maximum Gasteiger partial charge on any atom is 0.321 e. The molecule has 4 nitrogen and oxygen atoms in total. The van der Waals surface area contributed by atoms with E-state index in [9.17, 15) is 0 Å². The van der Waals surface area contributed by atoms with Crippen molar-refractivity contribution in [2.24, 2.45) is 0 Å². The molecule has 0 aliphatic carbocycles. The predicted octanol–water partition coefficient (Wildman–Crippen LogP) is 2.16. The number of anilines is 1. The van der Waals surface area contributed by atoms with Gasteiger partial charge in [-0.05, 0) is 30.7 Å². The van der Waals surface area contributed by atoms with Crippen LogP contribution in [-0.2, 0) is 0 Å².